The van der Waals surface area contributed by atoms with E-state index in [4.69, 9.17) is 0 Å². The van der Waals surface area contributed by atoms with Crippen molar-refractivity contribution < 1.29 is 14.4 Å². The molecule has 2 aliphatic heterocycles. The van der Waals surface area contributed by atoms with Gasteiger partial charge in [-0.25, -0.2) is 4.98 Å². The summed E-state index contributed by atoms with van der Waals surface area (Å²) in [4.78, 5) is 45.2. The number of nitrogens with one attached hydrogen (secondary N) is 2. The Labute approximate surface area is 193 Å². The quantitative estimate of drug-likeness (QED) is 0.637. The monoisotopic (exact) mass is 476 g/mol. The molecule has 1 aromatic carbocycles. The number of thiazole rings is 1. The summed E-state index contributed by atoms with van der Waals surface area (Å²) in [7, 11) is 0. The second-order valence-electron chi connectivity index (χ2n) is 7.95. The summed E-state index contributed by atoms with van der Waals surface area (Å²) in [5.41, 5.74) is 1.59. The molecule has 164 valence electrons. The van der Waals surface area contributed by atoms with Gasteiger partial charge in [0.25, 0.3) is 5.91 Å². The predicted molar refractivity (Wildman–Crippen MR) is 126 cm³/mol. The topological polar surface area (TPSA) is 91.4 Å². The summed E-state index contributed by atoms with van der Waals surface area (Å²) in [6, 6.07) is 6.13. The number of rotatable bonds is 7. The van der Waals surface area contributed by atoms with Crippen molar-refractivity contribution in [2.45, 2.75) is 42.5 Å². The average molecular weight is 477 g/mol. The molecule has 2 aromatic rings. The van der Waals surface area contributed by atoms with Gasteiger partial charge in [0.05, 0.1) is 0 Å². The van der Waals surface area contributed by atoms with Crippen LogP contribution in [0.15, 0.2) is 35.8 Å². The van der Waals surface area contributed by atoms with Crippen molar-refractivity contribution in [1.29, 1.82) is 0 Å². The predicted octanol–water partition coefficient (Wildman–Crippen LogP) is 3.37. The highest BCUT2D eigenvalue weighted by molar-refractivity contribution is 8.01. The van der Waals surface area contributed by atoms with E-state index in [0.29, 0.717) is 17.1 Å². The van der Waals surface area contributed by atoms with Crippen LogP contribution in [0.2, 0.25) is 0 Å². The third kappa shape index (κ3) is 4.20. The van der Waals surface area contributed by atoms with E-state index in [1.807, 2.05) is 38.3 Å². The van der Waals surface area contributed by atoms with Gasteiger partial charge in [-0.15, -0.1) is 23.1 Å². The summed E-state index contributed by atoms with van der Waals surface area (Å²) in [5, 5.41) is 7.78. The first-order chi connectivity index (χ1) is 14.8. The lowest BCUT2D eigenvalue weighted by molar-refractivity contribution is -0.130. The molecule has 1 fully saturated rings. The number of benzene rings is 1. The number of aromatic nitrogens is 1. The van der Waals surface area contributed by atoms with Crippen LogP contribution in [-0.4, -0.2) is 56.4 Å². The van der Waals surface area contributed by atoms with Crippen LogP contribution in [0.4, 0.5) is 5.13 Å². The maximum absolute atomic E-state index is 13.5. The van der Waals surface area contributed by atoms with Crippen molar-refractivity contribution in [3.63, 3.8) is 0 Å². The third-order valence-electron chi connectivity index (χ3n) is 5.45. The first-order valence-corrected chi connectivity index (χ1v) is 13.1. The fourth-order valence-corrected chi connectivity index (χ4v) is 6.63. The molecule has 1 aromatic heterocycles. The van der Waals surface area contributed by atoms with Crippen LogP contribution in [0, 0.1) is 0 Å². The molecule has 0 spiro atoms. The van der Waals surface area contributed by atoms with Gasteiger partial charge in [0.2, 0.25) is 11.8 Å². The standard InChI is InChI=1S/C21H24N4O3S3/c1-21(2)15(25-18(28)12-6-4-5-7-13(12)19(25)31-21)17(27)23-14(8-10-29-3)16(26)24-20-22-9-11-30-20/h4-7,9,11,14-15,19H,8,10H2,1-3H3,(H,23,27)(H,22,24,26)/t14-,15+,19?/m0/s1. The van der Waals surface area contributed by atoms with Crippen molar-refractivity contribution in [2.75, 3.05) is 17.3 Å². The van der Waals surface area contributed by atoms with Gasteiger partial charge in [0.1, 0.15) is 17.5 Å². The summed E-state index contributed by atoms with van der Waals surface area (Å²) >= 11 is 4.54. The van der Waals surface area contributed by atoms with Crippen molar-refractivity contribution in [3.05, 3.63) is 47.0 Å². The number of anilines is 1. The highest BCUT2D eigenvalue weighted by Crippen LogP contribution is 2.56. The van der Waals surface area contributed by atoms with E-state index in [1.165, 1.54) is 11.3 Å². The highest BCUT2D eigenvalue weighted by Gasteiger charge is 2.57. The minimum Gasteiger partial charge on any atom is -0.342 e. The van der Waals surface area contributed by atoms with E-state index in [0.717, 1.165) is 11.3 Å². The lowest BCUT2D eigenvalue weighted by Gasteiger charge is -2.31. The number of nitrogens with zero attached hydrogens (tertiary/aromatic N) is 2. The molecule has 2 aliphatic rings. The summed E-state index contributed by atoms with van der Waals surface area (Å²) in [6.07, 6.45) is 4.06. The van der Waals surface area contributed by atoms with Crippen LogP contribution >= 0.6 is 34.9 Å². The largest absolute Gasteiger partial charge is 0.342 e. The van der Waals surface area contributed by atoms with Crippen LogP contribution in [0.5, 0.6) is 0 Å². The summed E-state index contributed by atoms with van der Waals surface area (Å²) < 4.78 is -0.492. The normalized spacial score (nSPS) is 22.0. The van der Waals surface area contributed by atoms with Crippen LogP contribution in [0.1, 0.15) is 41.6 Å². The Balaban J connectivity index is 1.55. The molecule has 0 saturated carbocycles. The zero-order valence-electron chi connectivity index (χ0n) is 17.5. The molecule has 1 saturated heterocycles. The lowest BCUT2D eigenvalue weighted by Crippen LogP contribution is -2.56. The molecule has 3 atom stereocenters. The van der Waals surface area contributed by atoms with E-state index in [2.05, 4.69) is 15.6 Å². The Kier molecular flexibility index (Phi) is 6.32. The SMILES string of the molecule is CSCC[C@H](NC(=O)[C@H]1N2C(=O)c3ccccc3C2SC1(C)C)C(=O)Nc1nccs1. The third-order valence-corrected chi connectivity index (χ3v) is 8.32. The molecule has 3 amide bonds. The van der Waals surface area contributed by atoms with Crippen molar-refractivity contribution >= 4 is 57.7 Å². The van der Waals surface area contributed by atoms with Crippen molar-refractivity contribution in [1.82, 2.24) is 15.2 Å². The van der Waals surface area contributed by atoms with E-state index in [9.17, 15) is 14.4 Å². The van der Waals surface area contributed by atoms with Crippen molar-refractivity contribution in [2.24, 2.45) is 0 Å². The Morgan fingerprint density at radius 2 is 2.10 bits per heavy atom. The van der Waals surface area contributed by atoms with Gasteiger partial charge in [-0.1, -0.05) is 18.2 Å². The number of thioether (sulfide) groups is 2. The Morgan fingerprint density at radius 3 is 2.81 bits per heavy atom. The lowest BCUT2D eigenvalue weighted by atomic mass is 10.00. The smallest absolute Gasteiger partial charge is 0.256 e. The van der Waals surface area contributed by atoms with Gasteiger partial charge in [0, 0.05) is 21.9 Å². The van der Waals surface area contributed by atoms with Gasteiger partial charge in [-0.05, 0) is 43.9 Å². The van der Waals surface area contributed by atoms with Crippen molar-refractivity contribution in [3.8, 4) is 0 Å². The zero-order valence-corrected chi connectivity index (χ0v) is 19.9. The Hall–Kier alpha value is -2.04. The molecule has 0 aliphatic carbocycles. The molecule has 31 heavy (non-hydrogen) atoms. The molecule has 1 unspecified atom stereocenters. The van der Waals surface area contributed by atoms with Gasteiger partial charge >= 0.3 is 0 Å². The second-order valence-corrected chi connectivity index (χ2v) is 11.6. The second kappa shape index (κ2) is 8.84. The fourth-order valence-electron chi connectivity index (χ4n) is 4.04. The van der Waals surface area contributed by atoms with Crippen LogP contribution in [0.25, 0.3) is 0 Å². The van der Waals surface area contributed by atoms with E-state index < -0.39 is 16.8 Å². The zero-order chi connectivity index (χ0) is 22.2. The van der Waals surface area contributed by atoms with Crippen LogP contribution in [-0.2, 0) is 9.59 Å². The molecule has 2 N–H and O–H groups in total. The molecular weight excluding hydrogens is 452 g/mol. The number of carbonyl (C=O) groups is 3. The highest BCUT2D eigenvalue weighted by atomic mass is 32.2. The number of fused-ring (bicyclic) bond motifs is 3. The maximum atomic E-state index is 13.5. The van der Waals surface area contributed by atoms with Crippen LogP contribution < -0.4 is 10.6 Å². The molecule has 0 bridgehead atoms. The number of carbonyl (C=O) groups excluding carboxylic acids is 3. The molecule has 7 nitrogen and oxygen atoms in total. The van der Waals surface area contributed by atoms with Gasteiger partial charge in [-0.3, -0.25) is 14.4 Å². The summed E-state index contributed by atoms with van der Waals surface area (Å²) in [6.45, 7) is 3.95. The van der Waals surface area contributed by atoms with E-state index >= 15 is 0 Å². The van der Waals surface area contributed by atoms with E-state index in [1.54, 1.807) is 46.1 Å². The number of hydrogen-bond acceptors (Lipinski definition) is 7. The first-order valence-electron chi connectivity index (χ1n) is 9.92. The minimum atomic E-state index is -0.705. The van der Waals surface area contributed by atoms with Gasteiger partial charge < -0.3 is 15.5 Å². The Morgan fingerprint density at radius 1 is 1.32 bits per heavy atom. The van der Waals surface area contributed by atoms with Gasteiger partial charge in [-0.2, -0.15) is 11.8 Å². The Bertz CT molecular complexity index is 996. The number of amides is 3. The molecule has 10 heteroatoms. The molecule has 3 heterocycles. The molecule has 0 radical (unpaired) electrons. The number of hydrogen-bond donors (Lipinski definition) is 2. The van der Waals surface area contributed by atoms with E-state index in [-0.39, 0.29) is 23.1 Å². The van der Waals surface area contributed by atoms with Crippen LogP contribution in [0.3, 0.4) is 0 Å². The summed E-state index contributed by atoms with van der Waals surface area (Å²) in [5.74, 6) is -0.0166. The average Bonchev–Trinajstić information content (AvgIpc) is 3.41. The first kappa shape index (κ1) is 22.2. The molecule has 4 rings (SSSR count). The maximum Gasteiger partial charge on any atom is 0.256 e. The molecular formula is C21H24N4O3S3. The van der Waals surface area contributed by atoms with Gasteiger partial charge in [0.15, 0.2) is 5.13 Å². The minimum absolute atomic E-state index is 0.133. The fraction of sp³-hybridized carbons (Fsp3) is 0.429.